The van der Waals surface area contributed by atoms with Crippen molar-refractivity contribution in [2.24, 2.45) is 0 Å². The summed E-state index contributed by atoms with van der Waals surface area (Å²) in [7, 11) is 0. The lowest BCUT2D eigenvalue weighted by molar-refractivity contribution is -0.152. The van der Waals surface area contributed by atoms with Gasteiger partial charge in [-0.25, -0.2) is 0 Å². The molecule has 4 nitrogen and oxygen atoms in total. The van der Waals surface area contributed by atoms with Crippen molar-refractivity contribution in [2.45, 2.75) is 43.2 Å². The first kappa shape index (κ1) is 14.5. The third kappa shape index (κ3) is 4.31. The van der Waals surface area contributed by atoms with Crippen LogP contribution in [-0.4, -0.2) is 34.8 Å². The van der Waals surface area contributed by atoms with Crippen LogP contribution in [0.1, 0.15) is 20.3 Å². The number of rotatable bonds is 4. The Balaban J connectivity index is 1.82. The van der Waals surface area contributed by atoms with E-state index in [4.69, 9.17) is 9.47 Å². The van der Waals surface area contributed by atoms with Gasteiger partial charge in [-0.05, 0) is 26.0 Å². The van der Waals surface area contributed by atoms with Crippen molar-refractivity contribution in [3.05, 3.63) is 30.3 Å². The molecule has 1 fully saturated rings. The number of benzene rings is 1. The molecule has 2 atom stereocenters. The summed E-state index contributed by atoms with van der Waals surface area (Å²) in [6.07, 6.45) is -1.20. The molecule has 2 rings (SSSR count). The fourth-order valence-corrected chi connectivity index (χ4v) is 2.68. The third-order valence-electron chi connectivity index (χ3n) is 2.81. The Morgan fingerprint density at radius 2 is 2.16 bits per heavy atom. The monoisotopic (exact) mass is 282 g/mol. The van der Waals surface area contributed by atoms with E-state index in [0.29, 0.717) is 6.61 Å². The minimum absolute atomic E-state index is 0.0592. The molecule has 104 valence electrons. The van der Waals surface area contributed by atoms with Crippen molar-refractivity contribution in [1.29, 1.82) is 0 Å². The largest absolute Gasteiger partial charge is 0.390 e. The maximum atomic E-state index is 11.8. The lowest BCUT2D eigenvalue weighted by Crippen LogP contribution is -2.32. The van der Waals surface area contributed by atoms with E-state index in [1.54, 1.807) is 13.8 Å². The van der Waals surface area contributed by atoms with Gasteiger partial charge in [-0.3, -0.25) is 4.79 Å². The van der Waals surface area contributed by atoms with Crippen molar-refractivity contribution >= 4 is 16.9 Å². The molecule has 0 aliphatic carbocycles. The lowest BCUT2D eigenvalue weighted by Gasteiger charge is -2.19. The van der Waals surface area contributed by atoms with Crippen molar-refractivity contribution in [1.82, 2.24) is 0 Å². The highest BCUT2D eigenvalue weighted by Crippen LogP contribution is 2.27. The molecule has 0 spiro atoms. The summed E-state index contributed by atoms with van der Waals surface area (Å²) in [4.78, 5) is 12.7. The average molecular weight is 282 g/mol. The highest BCUT2D eigenvalue weighted by molar-refractivity contribution is 8.13. The molecule has 0 bridgehead atoms. The number of hydrogen-bond donors (Lipinski definition) is 1. The molecule has 19 heavy (non-hydrogen) atoms. The van der Waals surface area contributed by atoms with Gasteiger partial charge in [0.25, 0.3) is 0 Å². The average Bonchev–Trinajstić information content (AvgIpc) is 2.71. The molecule has 1 aromatic carbocycles. The second-order valence-electron chi connectivity index (χ2n) is 4.93. The van der Waals surface area contributed by atoms with Gasteiger partial charge in [0.2, 0.25) is 0 Å². The number of thioether (sulfide) groups is 1. The van der Waals surface area contributed by atoms with Gasteiger partial charge in [0.1, 0.15) is 6.10 Å². The van der Waals surface area contributed by atoms with E-state index in [0.717, 1.165) is 16.7 Å². The van der Waals surface area contributed by atoms with Gasteiger partial charge >= 0.3 is 0 Å². The van der Waals surface area contributed by atoms with E-state index in [1.807, 2.05) is 30.3 Å². The topological polar surface area (TPSA) is 55.8 Å². The number of carbonyl (C=O) groups excluding carboxylic acids is 1. The summed E-state index contributed by atoms with van der Waals surface area (Å²) in [5.74, 6) is -0.679. The summed E-state index contributed by atoms with van der Waals surface area (Å²) < 4.78 is 10.9. The van der Waals surface area contributed by atoms with Crippen LogP contribution in [0, 0.1) is 0 Å². The van der Waals surface area contributed by atoms with Gasteiger partial charge in [-0.2, -0.15) is 0 Å². The number of ether oxygens (including phenoxy) is 2. The summed E-state index contributed by atoms with van der Waals surface area (Å²) in [6.45, 7) is 3.90. The van der Waals surface area contributed by atoms with Gasteiger partial charge in [-0.15, -0.1) is 0 Å². The molecule has 0 saturated carbocycles. The Hall–Kier alpha value is -0.880. The first-order valence-electron chi connectivity index (χ1n) is 6.22. The number of aliphatic hydroxyl groups excluding tert-OH is 1. The van der Waals surface area contributed by atoms with Crippen LogP contribution in [0.25, 0.3) is 0 Å². The summed E-state index contributed by atoms with van der Waals surface area (Å²) >= 11 is 1.14. The van der Waals surface area contributed by atoms with Crippen LogP contribution < -0.4 is 0 Å². The molecule has 1 N–H and O–H groups in total. The zero-order valence-corrected chi connectivity index (χ0v) is 11.9. The minimum Gasteiger partial charge on any atom is -0.390 e. The smallest absolute Gasteiger partial charge is 0.196 e. The predicted octanol–water partition coefficient (Wildman–Crippen LogP) is 2.21. The Morgan fingerprint density at radius 3 is 2.74 bits per heavy atom. The van der Waals surface area contributed by atoms with Crippen LogP contribution in [0.5, 0.6) is 0 Å². The molecule has 0 aromatic heterocycles. The Kier molecular flexibility index (Phi) is 4.62. The van der Waals surface area contributed by atoms with Crippen LogP contribution in [-0.2, 0) is 14.3 Å². The minimum atomic E-state index is -0.828. The highest BCUT2D eigenvalue weighted by Gasteiger charge is 2.37. The molecular formula is C14H18O4S. The number of aliphatic hydroxyl groups is 1. The number of hydrogen-bond acceptors (Lipinski definition) is 5. The van der Waals surface area contributed by atoms with E-state index >= 15 is 0 Å². The molecule has 1 aromatic rings. The van der Waals surface area contributed by atoms with Crippen LogP contribution in [0.2, 0.25) is 0 Å². The summed E-state index contributed by atoms with van der Waals surface area (Å²) in [5, 5.41) is 9.91. The van der Waals surface area contributed by atoms with Crippen LogP contribution in [0.15, 0.2) is 35.2 Å². The maximum Gasteiger partial charge on any atom is 0.196 e. The highest BCUT2D eigenvalue weighted by atomic mass is 32.2. The molecular weight excluding hydrogens is 264 g/mol. The van der Waals surface area contributed by atoms with Crippen LogP contribution in [0.3, 0.4) is 0 Å². The van der Waals surface area contributed by atoms with Gasteiger partial charge in [0.15, 0.2) is 10.9 Å². The van der Waals surface area contributed by atoms with E-state index in [1.165, 1.54) is 0 Å². The Bertz CT molecular complexity index is 432. The second-order valence-corrected chi connectivity index (χ2v) is 6.06. The third-order valence-corrected chi connectivity index (χ3v) is 3.71. The van der Waals surface area contributed by atoms with Crippen LogP contribution in [0.4, 0.5) is 0 Å². The lowest BCUT2D eigenvalue weighted by atomic mass is 10.1. The normalized spacial score (nSPS) is 23.2. The molecule has 5 heteroatoms. The number of carbonyl (C=O) groups is 1. The summed E-state index contributed by atoms with van der Waals surface area (Å²) in [6, 6.07) is 9.39. The Labute approximate surface area is 117 Å². The quantitative estimate of drug-likeness (QED) is 0.858. The molecule has 0 unspecified atom stereocenters. The standard InChI is InChI=1S/C14H18O4S/c1-14(2)17-9-12(18-14)11(15)8-13(16)19-10-6-4-3-5-7-10/h3-7,11-12,15H,8-9H2,1-2H3/t11-,12+/m0/s1. The van der Waals surface area contributed by atoms with Gasteiger partial charge < -0.3 is 14.6 Å². The van der Waals surface area contributed by atoms with Gasteiger partial charge in [0.05, 0.1) is 12.7 Å². The predicted molar refractivity (Wildman–Crippen MR) is 72.8 cm³/mol. The fourth-order valence-electron chi connectivity index (χ4n) is 1.87. The van der Waals surface area contributed by atoms with Crippen molar-refractivity contribution < 1.29 is 19.4 Å². The Morgan fingerprint density at radius 1 is 1.47 bits per heavy atom. The van der Waals surface area contributed by atoms with E-state index < -0.39 is 18.0 Å². The molecule has 1 aliphatic rings. The molecule has 1 aliphatic heterocycles. The van der Waals surface area contributed by atoms with Gasteiger partial charge in [-0.1, -0.05) is 30.0 Å². The first-order valence-corrected chi connectivity index (χ1v) is 7.03. The second kappa shape index (κ2) is 6.05. The summed E-state index contributed by atoms with van der Waals surface area (Å²) in [5.41, 5.74) is 0. The maximum absolute atomic E-state index is 11.8. The molecule has 0 radical (unpaired) electrons. The van der Waals surface area contributed by atoms with Crippen LogP contribution >= 0.6 is 11.8 Å². The zero-order valence-electron chi connectivity index (χ0n) is 11.0. The first-order chi connectivity index (χ1) is 8.96. The molecule has 0 amide bonds. The van der Waals surface area contributed by atoms with E-state index in [2.05, 4.69) is 0 Å². The molecule has 1 saturated heterocycles. The fraction of sp³-hybridized carbons (Fsp3) is 0.500. The van der Waals surface area contributed by atoms with E-state index in [9.17, 15) is 9.90 Å². The van der Waals surface area contributed by atoms with Crippen molar-refractivity contribution in [3.8, 4) is 0 Å². The van der Waals surface area contributed by atoms with E-state index in [-0.39, 0.29) is 11.5 Å². The SMILES string of the molecule is CC1(C)OC[C@H]([C@@H](O)CC(=O)Sc2ccccc2)O1. The van der Waals surface area contributed by atoms with Crippen molar-refractivity contribution in [2.75, 3.05) is 6.61 Å². The van der Waals surface area contributed by atoms with Gasteiger partial charge in [0, 0.05) is 11.3 Å². The molecule has 1 heterocycles. The van der Waals surface area contributed by atoms with Crippen molar-refractivity contribution in [3.63, 3.8) is 0 Å². The zero-order chi connectivity index (χ0) is 13.9.